The Bertz CT molecular complexity index is 1070. The van der Waals surface area contributed by atoms with Gasteiger partial charge in [-0.15, -0.1) is 0 Å². The molecule has 1 atom stereocenters. The minimum atomic E-state index is -3.24. The number of benzene rings is 2. The highest BCUT2D eigenvalue weighted by atomic mass is 19.3. The molecular formula is C24H22F2N2O5. The molecule has 1 saturated heterocycles. The summed E-state index contributed by atoms with van der Waals surface area (Å²) in [5, 5.41) is 11.5. The predicted molar refractivity (Wildman–Crippen MR) is 115 cm³/mol. The van der Waals surface area contributed by atoms with Crippen molar-refractivity contribution < 1.29 is 33.0 Å². The molecule has 2 amide bonds. The minimum absolute atomic E-state index is 0.0790. The van der Waals surface area contributed by atoms with Crippen LogP contribution >= 0.6 is 0 Å². The lowest BCUT2D eigenvalue weighted by Gasteiger charge is -2.18. The van der Waals surface area contributed by atoms with Crippen LogP contribution in [0.15, 0.2) is 60.7 Å². The number of likely N-dealkylation sites (tertiary alicyclic amines) is 1. The summed E-state index contributed by atoms with van der Waals surface area (Å²) in [5.41, 5.74) is 4.37. The Morgan fingerprint density at radius 2 is 1.70 bits per heavy atom. The van der Waals surface area contributed by atoms with E-state index in [0.29, 0.717) is 4.90 Å². The zero-order valence-corrected chi connectivity index (χ0v) is 17.5. The number of hydrogen-bond acceptors (Lipinski definition) is 4. The molecule has 9 heteroatoms. The summed E-state index contributed by atoms with van der Waals surface area (Å²) in [4.78, 5) is 36.0. The molecule has 0 bridgehead atoms. The van der Waals surface area contributed by atoms with Gasteiger partial charge in [0.25, 0.3) is 5.92 Å². The molecule has 7 nitrogen and oxygen atoms in total. The number of alkyl halides is 2. The Hall–Kier alpha value is -3.75. The van der Waals surface area contributed by atoms with Crippen molar-refractivity contribution in [3.8, 4) is 11.1 Å². The second-order valence-corrected chi connectivity index (χ2v) is 7.99. The van der Waals surface area contributed by atoms with Crippen LogP contribution in [0.1, 0.15) is 23.5 Å². The summed E-state index contributed by atoms with van der Waals surface area (Å²) in [7, 11) is 0. The number of ether oxygens (including phenoxy) is 1. The van der Waals surface area contributed by atoms with Crippen molar-refractivity contribution in [3.63, 3.8) is 0 Å². The summed E-state index contributed by atoms with van der Waals surface area (Å²) < 4.78 is 32.4. The van der Waals surface area contributed by atoms with Gasteiger partial charge in [-0.3, -0.25) is 4.79 Å². The SMILES string of the molecule is O=C(NC/C=C/C(=O)N1CC(F)(F)CC1C(=O)O)OCC1c2ccccc2-c2ccccc21. The monoisotopic (exact) mass is 456 g/mol. The van der Waals surface area contributed by atoms with Crippen LogP contribution in [0.25, 0.3) is 11.1 Å². The molecule has 0 spiro atoms. The first-order valence-corrected chi connectivity index (χ1v) is 10.4. The number of carboxylic acids is 1. The third-order valence-electron chi connectivity index (χ3n) is 5.81. The van der Waals surface area contributed by atoms with E-state index in [-0.39, 0.29) is 19.1 Å². The number of carbonyl (C=O) groups is 3. The van der Waals surface area contributed by atoms with Gasteiger partial charge in [-0.1, -0.05) is 54.6 Å². The van der Waals surface area contributed by atoms with Crippen LogP contribution in [0.5, 0.6) is 0 Å². The number of rotatable bonds is 6. The Labute approximate surface area is 188 Å². The van der Waals surface area contributed by atoms with Crippen molar-refractivity contribution in [1.82, 2.24) is 10.2 Å². The maximum absolute atomic E-state index is 13.5. The lowest BCUT2D eigenvalue weighted by molar-refractivity contribution is -0.146. The molecular weight excluding hydrogens is 434 g/mol. The van der Waals surface area contributed by atoms with Crippen LogP contribution in [0.4, 0.5) is 13.6 Å². The van der Waals surface area contributed by atoms with Gasteiger partial charge in [0.15, 0.2) is 0 Å². The van der Waals surface area contributed by atoms with Crippen LogP contribution in [-0.4, -0.2) is 59.6 Å². The first-order chi connectivity index (χ1) is 15.8. The lowest BCUT2D eigenvalue weighted by atomic mass is 9.98. The van der Waals surface area contributed by atoms with Gasteiger partial charge < -0.3 is 20.1 Å². The zero-order valence-electron chi connectivity index (χ0n) is 17.5. The van der Waals surface area contributed by atoms with E-state index in [1.165, 1.54) is 6.08 Å². The largest absolute Gasteiger partial charge is 0.480 e. The van der Waals surface area contributed by atoms with Gasteiger partial charge in [-0.25, -0.2) is 18.4 Å². The van der Waals surface area contributed by atoms with E-state index in [1.807, 2.05) is 48.5 Å². The number of aliphatic carboxylic acids is 1. The molecule has 0 radical (unpaired) electrons. The van der Waals surface area contributed by atoms with Crippen molar-refractivity contribution >= 4 is 18.0 Å². The maximum Gasteiger partial charge on any atom is 0.407 e. The van der Waals surface area contributed by atoms with Gasteiger partial charge in [-0.2, -0.15) is 0 Å². The number of carbonyl (C=O) groups excluding carboxylic acids is 2. The van der Waals surface area contributed by atoms with Gasteiger partial charge in [0.2, 0.25) is 5.91 Å². The summed E-state index contributed by atoms with van der Waals surface area (Å²) >= 11 is 0. The van der Waals surface area contributed by atoms with Gasteiger partial charge in [0.05, 0.1) is 6.54 Å². The molecule has 1 aliphatic carbocycles. The van der Waals surface area contributed by atoms with Crippen LogP contribution in [0, 0.1) is 0 Å². The fourth-order valence-corrected chi connectivity index (χ4v) is 4.32. The van der Waals surface area contributed by atoms with E-state index in [4.69, 9.17) is 9.84 Å². The molecule has 2 N–H and O–H groups in total. The quantitative estimate of drug-likeness (QED) is 0.650. The Morgan fingerprint density at radius 1 is 1.09 bits per heavy atom. The predicted octanol–water partition coefficient (Wildman–Crippen LogP) is 3.40. The number of amides is 2. The van der Waals surface area contributed by atoms with E-state index in [0.717, 1.165) is 28.3 Å². The highest BCUT2D eigenvalue weighted by molar-refractivity contribution is 5.92. The molecule has 2 aliphatic rings. The van der Waals surface area contributed by atoms with Gasteiger partial charge >= 0.3 is 12.1 Å². The number of fused-ring (bicyclic) bond motifs is 3. The molecule has 33 heavy (non-hydrogen) atoms. The van der Waals surface area contributed by atoms with Gasteiger partial charge in [-0.05, 0) is 22.3 Å². The molecule has 1 aliphatic heterocycles. The van der Waals surface area contributed by atoms with Crippen molar-refractivity contribution in [2.45, 2.75) is 24.3 Å². The van der Waals surface area contributed by atoms with Gasteiger partial charge in [0, 0.05) is 25.0 Å². The van der Waals surface area contributed by atoms with Crippen molar-refractivity contribution in [2.75, 3.05) is 19.7 Å². The number of halogens is 2. The molecule has 1 heterocycles. The first-order valence-electron chi connectivity index (χ1n) is 10.4. The van der Waals surface area contributed by atoms with Crippen molar-refractivity contribution in [2.24, 2.45) is 0 Å². The molecule has 1 fully saturated rings. The van der Waals surface area contributed by atoms with E-state index >= 15 is 0 Å². The second-order valence-electron chi connectivity index (χ2n) is 7.99. The molecule has 0 saturated carbocycles. The lowest BCUT2D eigenvalue weighted by Crippen LogP contribution is -2.40. The third kappa shape index (κ3) is 4.72. The highest BCUT2D eigenvalue weighted by Gasteiger charge is 2.49. The van der Waals surface area contributed by atoms with E-state index in [1.54, 1.807) is 0 Å². The summed E-state index contributed by atoms with van der Waals surface area (Å²) in [6.07, 6.45) is 0.630. The van der Waals surface area contributed by atoms with Crippen molar-refractivity contribution in [1.29, 1.82) is 0 Å². The van der Waals surface area contributed by atoms with E-state index in [9.17, 15) is 23.2 Å². The van der Waals surface area contributed by atoms with Crippen LogP contribution in [-0.2, 0) is 14.3 Å². The molecule has 172 valence electrons. The average molecular weight is 456 g/mol. The number of carboxylic acid groups (broad SMARTS) is 1. The van der Waals surface area contributed by atoms with Gasteiger partial charge in [0.1, 0.15) is 12.6 Å². The van der Waals surface area contributed by atoms with Crippen LogP contribution in [0.2, 0.25) is 0 Å². The van der Waals surface area contributed by atoms with E-state index < -0.39 is 42.9 Å². The fourth-order valence-electron chi connectivity index (χ4n) is 4.32. The maximum atomic E-state index is 13.5. The molecule has 2 aromatic carbocycles. The third-order valence-corrected chi connectivity index (χ3v) is 5.81. The van der Waals surface area contributed by atoms with Crippen LogP contribution in [0.3, 0.4) is 0 Å². The Kier molecular flexibility index (Phi) is 6.13. The second kappa shape index (κ2) is 9.01. The minimum Gasteiger partial charge on any atom is -0.480 e. The fraction of sp³-hybridized carbons (Fsp3) is 0.292. The molecule has 4 rings (SSSR count). The summed E-state index contributed by atoms with van der Waals surface area (Å²) in [6, 6.07) is 14.3. The first kappa shape index (κ1) is 22.4. The number of nitrogens with one attached hydrogen (secondary N) is 1. The summed E-state index contributed by atoms with van der Waals surface area (Å²) in [5.74, 6) is -5.67. The number of alkyl carbamates (subject to hydrolysis) is 1. The average Bonchev–Trinajstić information content (AvgIpc) is 3.29. The molecule has 0 aromatic heterocycles. The topological polar surface area (TPSA) is 95.9 Å². The number of nitrogens with zero attached hydrogens (tertiary/aromatic N) is 1. The summed E-state index contributed by atoms with van der Waals surface area (Å²) in [6.45, 7) is -0.900. The highest BCUT2D eigenvalue weighted by Crippen LogP contribution is 2.44. The standard InChI is InChI=1S/C24H22F2N2O5/c25-24(26)12-20(22(30)31)28(14-24)21(29)10-5-11-27-23(32)33-13-19-17-8-3-1-6-15(17)16-7-2-4-9-18(16)19/h1-10,19-20H,11-14H2,(H,27,32)(H,30,31)/b10-5+. The Morgan fingerprint density at radius 3 is 2.30 bits per heavy atom. The smallest absolute Gasteiger partial charge is 0.407 e. The van der Waals surface area contributed by atoms with Crippen molar-refractivity contribution in [3.05, 3.63) is 71.8 Å². The normalized spacial score (nSPS) is 18.7. The Balaban J connectivity index is 1.29. The number of hydrogen-bond donors (Lipinski definition) is 2. The molecule has 1 unspecified atom stereocenters. The zero-order chi connectivity index (χ0) is 23.6. The van der Waals surface area contributed by atoms with E-state index in [2.05, 4.69) is 5.32 Å². The van der Waals surface area contributed by atoms with Crippen LogP contribution < -0.4 is 5.32 Å². The molecule has 2 aromatic rings.